The molecule has 26 heavy (non-hydrogen) atoms. The summed E-state index contributed by atoms with van der Waals surface area (Å²) in [6.07, 6.45) is 0. The summed E-state index contributed by atoms with van der Waals surface area (Å²) >= 11 is 0. The molecular weight excluding hydrogens is 352 g/mol. The molecule has 3 aromatic rings. The quantitative estimate of drug-likeness (QED) is 0.356. The number of alkyl halides is 2. The third-order valence-electron chi connectivity index (χ3n) is 3.72. The Balaban J connectivity index is 1.91. The molecule has 0 aromatic heterocycles. The second kappa shape index (κ2) is 7.45. The summed E-state index contributed by atoms with van der Waals surface area (Å²) in [4.78, 5) is 4.08. The van der Waals surface area contributed by atoms with Gasteiger partial charge in [0, 0.05) is 5.56 Å². The highest BCUT2D eigenvalue weighted by atomic mass is 19.3. The number of hydrogen-bond donors (Lipinski definition) is 1. The summed E-state index contributed by atoms with van der Waals surface area (Å²) in [6.45, 7) is -3.14. The van der Waals surface area contributed by atoms with E-state index in [1.807, 2.05) is 0 Å². The van der Waals surface area contributed by atoms with Crippen molar-refractivity contribution in [2.24, 2.45) is 0 Å². The Morgan fingerprint density at radius 1 is 0.731 bits per heavy atom. The zero-order valence-corrected chi connectivity index (χ0v) is 13.1. The number of benzene rings is 3. The van der Waals surface area contributed by atoms with E-state index in [4.69, 9.17) is 5.26 Å². The molecule has 0 fully saturated rings. The number of ether oxygens (including phenoxy) is 1. The Kier molecular flexibility index (Phi) is 5.09. The molecular formula is C19H12F4O3. The second-order valence-electron chi connectivity index (χ2n) is 5.33. The summed E-state index contributed by atoms with van der Waals surface area (Å²) in [6, 6.07) is 13.9. The van der Waals surface area contributed by atoms with E-state index < -0.39 is 24.0 Å². The molecule has 3 nitrogen and oxygen atoms in total. The number of halogens is 4. The van der Waals surface area contributed by atoms with Crippen LogP contribution in [0.2, 0.25) is 0 Å². The molecule has 0 aliphatic rings. The van der Waals surface area contributed by atoms with E-state index in [9.17, 15) is 17.6 Å². The molecule has 134 valence electrons. The van der Waals surface area contributed by atoms with E-state index in [0.717, 1.165) is 12.1 Å². The van der Waals surface area contributed by atoms with Crippen molar-refractivity contribution in [2.75, 3.05) is 0 Å². The van der Waals surface area contributed by atoms with Crippen molar-refractivity contribution in [1.82, 2.24) is 0 Å². The Labute approximate surface area is 146 Å². The Hall–Kier alpha value is -3.06. The maximum atomic E-state index is 14.5. The SMILES string of the molecule is OOc1ccc(-c2ccc(-c3ccc(OC(F)F)c(F)c3)c(F)c2)cc1. The van der Waals surface area contributed by atoms with Crippen LogP contribution in [0.25, 0.3) is 22.3 Å². The van der Waals surface area contributed by atoms with Gasteiger partial charge in [0.1, 0.15) is 5.82 Å². The van der Waals surface area contributed by atoms with Crippen LogP contribution in [0.5, 0.6) is 11.5 Å². The molecule has 3 rings (SSSR count). The minimum Gasteiger partial charge on any atom is -0.432 e. The van der Waals surface area contributed by atoms with E-state index in [0.29, 0.717) is 11.1 Å². The zero-order valence-electron chi connectivity index (χ0n) is 13.1. The van der Waals surface area contributed by atoms with Gasteiger partial charge in [-0.15, -0.1) is 0 Å². The molecule has 0 heterocycles. The first-order valence-electron chi connectivity index (χ1n) is 7.44. The Bertz CT molecular complexity index is 911. The maximum Gasteiger partial charge on any atom is 0.387 e. The topological polar surface area (TPSA) is 38.7 Å². The summed E-state index contributed by atoms with van der Waals surface area (Å²) in [5, 5.41) is 8.55. The van der Waals surface area contributed by atoms with Crippen molar-refractivity contribution < 1.29 is 32.4 Å². The van der Waals surface area contributed by atoms with Crippen LogP contribution >= 0.6 is 0 Å². The third kappa shape index (κ3) is 3.78. The van der Waals surface area contributed by atoms with Crippen molar-refractivity contribution in [2.45, 2.75) is 6.61 Å². The van der Waals surface area contributed by atoms with Crippen LogP contribution in [0.3, 0.4) is 0 Å². The van der Waals surface area contributed by atoms with E-state index >= 15 is 0 Å². The van der Waals surface area contributed by atoms with Crippen molar-refractivity contribution in [3.8, 4) is 33.8 Å². The normalized spacial score (nSPS) is 10.8. The number of rotatable bonds is 5. The van der Waals surface area contributed by atoms with Gasteiger partial charge in [0.05, 0.1) is 0 Å². The molecule has 0 aliphatic carbocycles. The van der Waals surface area contributed by atoms with Gasteiger partial charge in [-0.2, -0.15) is 8.78 Å². The van der Waals surface area contributed by atoms with Crippen LogP contribution in [-0.4, -0.2) is 11.9 Å². The number of hydrogen-bond acceptors (Lipinski definition) is 3. The van der Waals surface area contributed by atoms with Crippen LogP contribution in [0, 0.1) is 11.6 Å². The molecule has 0 unspecified atom stereocenters. The summed E-state index contributed by atoms with van der Waals surface area (Å²) < 4.78 is 56.7. The van der Waals surface area contributed by atoms with Gasteiger partial charge in [0.2, 0.25) is 0 Å². The fourth-order valence-corrected chi connectivity index (χ4v) is 2.50. The predicted molar refractivity (Wildman–Crippen MR) is 87.1 cm³/mol. The van der Waals surface area contributed by atoms with Crippen LogP contribution < -0.4 is 9.62 Å². The molecule has 0 amide bonds. The minimum atomic E-state index is -3.14. The lowest BCUT2D eigenvalue weighted by Gasteiger charge is -2.10. The Morgan fingerprint density at radius 2 is 1.35 bits per heavy atom. The molecule has 0 radical (unpaired) electrons. The molecule has 1 N–H and O–H groups in total. The van der Waals surface area contributed by atoms with Crippen LogP contribution in [0.4, 0.5) is 17.6 Å². The third-order valence-corrected chi connectivity index (χ3v) is 3.72. The van der Waals surface area contributed by atoms with E-state index in [1.54, 1.807) is 18.2 Å². The molecule has 0 bridgehead atoms. The first-order chi connectivity index (χ1) is 12.5. The molecule has 0 saturated heterocycles. The van der Waals surface area contributed by atoms with Gasteiger partial charge in [-0.25, -0.2) is 14.0 Å². The summed E-state index contributed by atoms with van der Waals surface area (Å²) in [5.41, 5.74) is 1.56. The van der Waals surface area contributed by atoms with Gasteiger partial charge in [-0.05, 0) is 47.0 Å². The highest BCUT2D eigenvalue weighted by molar-refractivity contribution is 5.71. The van der Waals surface area contributed by atoms with Gasteiger partial charge in [0.15, 0.2) is 17.3 Å². The van der Waals surface area contributed by atoms with Crippen molar-refractivity contribution >= 4 is 0 Å². The van der Waals surface area contributed by atoms with Crippen LogP contribution in [0.15, 0.2) is 60.7 Å². The second-order valence-corrected chi connectivity index (χ2v) is 5.33. The summed E-state index contributed by atoms with van der Waals surface area (Å²) in [5.74, 6) is -1.97. The monoisotopic (exact) mass is 364 g/mol. The standard InChI is InChI=1S/C19H12F4O3/c20-16-9-12(11-1-5-14(26-24)6-2-11)3-7-15(16)13-4-8-18(17(21)10-13)25-19(22)23/h1-10,19,24H. The minimum absolute atomic E-state index is 0.117. The largest absolute Gasteiger partial charge is 0.432 e. The maximum absolute atomic E-state index is 14.5. The smallest absolute Gasteiger partial charge is 0.387 e. The molecule has 0 saturated carbocycles. The fourth-order valence-electron chi connectivity index (χ4n) is 2.50. The zero-order chi connectivity index (χ0) is 18.7. The lowest BCUT2D eigenvalue weighted by Crippen LogP contribution is -2.03. The van der Waals surface area contributed by atoms with Crippen molar-refractivity contribution in [1.29, 1.82) is 0 Å². The van der Waals surface area contributed by atoms with Gasteiger partial charge < -0.3 is 9.62 Å². The molecule has 7 heteroatoms. The molecule has 0 atom stereocenters. The van der Waals surface area contributed by atoms with E-state index in [1.165, 1.54) is 30.3 Å². The first-order valence-corrected chi connectivity index (χ1v) is 7.44. The van der Waals surface area contributed by atoms with Gasteiger partial charge in [-0.1, -0.05) is 30.3 Å². The van der Waals surface area contributed by atoms with Crippen molar-refractivity contribution in [3.63, 3.8) is 0 Å². The first kappa shape index (κ1) is 17.8. The van der Waals surface area contributed by atoms with Gasteiger partial charge >= 0.3 is 6.61 Å². The Morgan fingerprint density at radius 3 is 1.92 bits per heavy atom. The predicted octanol–water partition coefficient (Wildman–Crippen LogP) is 5.75. The summed E-state index contributed by atoms with van der Waals surface area (Å²) in [7, 11) is 0. The van der Waals surface area contributed by atoms with Crippen molar-refractivity contribution in [3.05, 3.63) is 72.3 Å². The average Bonchev–Trinajstić information content (AvgIpc) is 2.63. The van der Waals surface area contributed by atoms with Crippen LogP contribution in [0.1, 0.15) is 0 Å². The molecule has 0 spiro atoms. The van der Waals surface area contributed by atoms with Gasteiger partial charge in [-0.3, -0.25) is 0 Å². The lowest BCUT2D eigenvalue weighted by atomic mass is 9.99. The molecule has 0 aliphatic heterocycles. The fraction of sp³-hybridized carbons (Fsp3) is 0.0526. The lowest BCUT2D eigenvalue weighted by molar-refractivity contribution is -0.137. The molecule has 3 aromatic carbocycles. The van der Waals surface area contributed by atoms with E-state index in [2.05, 4.69) is 9.62 Å². The highest BCUT2D eigenvalue weighted by Gasteiger charge is 2.13. The van der Waals surface area contributed by atoms with Crippen LogP contribution in [-0.2, 0) is 0 Å². The average molecular weight is 364 g/mol. The highest BCUT2D eigenvalue weighted by Crippen LogP contribution is 2.31. The van der Waals surface area contributed by atoms with Gasteiger partial charge in [0.25, 0.3) is 0 Å². The van der Waals surface area contributed by atoms with E-state index in [-0.39, 0.29) is 16.9 Å².